The molecule has 0 N–H and O–H groups in total. The van der Waals surface area contributed by atoms with E-state index in [0.717, 1.165) is 5.56 Å². The second-order valence-corrected chi connectivity index (χ2v) is 9.10. The normalized spacial score (nSPS) is 12.4. The highest BCUT2D eigenvalue weighted by atomic mass is 16.5. The van der Waals surface area contributed by atoms with Crippen molar-refractivity contribution in [2.24, 2.45) is 4.99 Å². The lowest BCUT2D eigenvalue weighted by Crippen LogP contribution is -2.35. The van der Waals surface area contributed by atoms with Gasteiger partial charge in [0.25, 0.3) is 11.5 Å². The van der Waals surface area contributed by atoms with Crippen molar-refractivity contribution in [2.45, 2.75) is 32.9 Å². The predicted octanol–water partition coefficient (Wildman–Crippen LogP) is 3.96. The van der Waals surface area contributed by atoms with Gasteiger partial charge in [-0.05, 0) is 56.2 Å². The summed E-state index contributed by atoms with van der Waals surface area (Å²) >= 11 is 0. The summed E-state index contributed by atoms with van der Waals surface area (Å²) in [6.07, 6.45) is 1.22. The molecule has 0 aliphatic rings. The van der Waals surface area contributed by atoms with Crippen LogP contribution in [0.5, 0.6) is 5.75 Å². The summed E-state index contributed by atoms with van der Waals surface area (Å²) in [4.78, 5) is 49.2. The van der Waals surface area contributed by atoms with Gasteiger partial charge in [-0.1, -0.05) is 54.6 Å². The van der Waals surface area contributed by atoms with Crippen LogP contribution in [0.4, 0.5) is 0 Å². The van der Waals surface area contributed by atoms with Crippen LogP contribution in [-0.2, 0) is 22.5 Å². The molecule has 0 radical (unpaired) electrons. The smallest absolute Gasteiger partial charge is 0.341 e. The van der Waals surface area contributed by atoms with Crippen LogP contribution < -0.4 is 15.8 Å². The number of hydrogen-bond acceptors (Lipinski definition) is 6. The van der Waals surface area contributed by atoms with E-state index in [0.29, 0.717) is 30.0 Å². The van der Waals surface area contributed by atoms with Gasteiger partial charge in [0, 0.05) is 12.7 Å². The first-order chi connectivity index (χ1) is 19.5. The van der Waals surface area contributed by atoms with Crippen molar-refractivity contribution in [1.29, 1.82) is 0 Å². The third-order valence-electron chi connectivity index (χ3n) is 6.37. The summed E-state index contributed by atoms with van der Waals surface area (Å²) in [7, 11) is 0. The highest BCUT2D eigenvalue weighted by Gasteiger charge is 2.22. The number of hydrogen-bond donors (Lipinski definition) is 0. The number of carbonyl (C=O) groups is 2. The van der Waals surface area contributed by atoms with Gasteiger partial charge in [-0.2, -0.15) is 4.99 Å². The molecule has 1 amide bonds. The molecular weight excluding hydrogens is 508 g/mol. The maximum absolute atomic E-state index is 13.5. The van der Waals surface area contributed by atoms with Crippen LogP contribution in [-0.4, -0.2) is 38.5 Å². The molecule has 0 unspecified atom stereocenters. The van der Waals surface area contributed by atoms with Crippen molar-refractivity contribution in [3.63, 3.8) is 0 Å². The zero-order valence-corrected chi connectivity index (χ0v) is 22.2. The monoisotopic (exact) mass is 536 g/mol. The summed E-state index contributed by atoms with van der Waals surface area (Å²) in [6.45, 7) is 3.68. The molecule has 2 aromatic carbocycles. The maximum atomic E-state index is 13.5. The zero-order valence-electron chi connectivity index (χ0n) is 22.2. The molecule has 9 nitrogen and oxygen atoms in total. The third kappa shape index (κ3) is 5.54. The van der Waals surface area contributed by atoms with Gasteiger partial charge < -0.3 is 14.0 Å². The van der Waals surface area contributed by atoms with Gasteiger partial charge in [0.2, 0.25) is 0 Å². The third-order valence-corrected chi connectivity index (χ3v) is 6.37. The van der Waals surface area contributed by atoms with Gasteiger partial charge in [-0.25, -0.2) is 9.78 Å². The number of para-hydroxylation sites is 1. The predicted molar refractivity (Wildman–Crippen MR) is 150 cm³/mol. The number of rotatable bonds is 8. The summed E-state index contributed by atoms with van der Waals surface area (Å²) in [5.74, 6) is -0.779. The number of esters is 1. The first-order valence-corrected chi connectivity index (χ1v) is 13.0. The summed E-state index contributed by atoms with van der Waals surface area (Å²) in [6, 6.07) is 25.3. The maximum Gasteiger partial charge on any atom is 0.341 e. The Morgan fingerprint density at radius 1 is 0.975 bits per heavy atom. The van der Waals surface area contributed by atoms with Gasteiger partial charge in [0.05, 0.1) is 12.0 Å². The molecule has 0 aliphatic carbocycles. The number of aromatic nitrogens is 3. The first-order valence-electron chi connectivity index (χ1n) is 13.0. The highest BCUT2D eigenvalue weighted by Crippen LogP contribution is 2.14. The Kier molecular flexibility index (Phi) is 7.82. The molecule has 0 saturated carbocycles. The van der Waals surface area contributed by atoms with E-state index >= 15 is 0 Å². The molecule has 9 heteroatoms. The average Bonchev–Trinajstić information content (AvgIpc) is 2.97. The van der Waals surface area contributed by atoms with E-state index in [2.05, 4.69) is 4.99 Å². The van der Waals surface area contributed by atoms with Gasteiger partial charge in [0.15, 0.2) is 11.6 Å². The molecule has 5 aromatic rings. The van der Waals surface area contributed by atoms with Gasteiger partial charge >= 0.3 is 5.97 Å². The van der Waals surface area contributed by atoms with Gasteiger partial charge in [-0.3, -0.25) is 14.0 Å². The summed E-state index contributed by atoms with van der Waals surface area (Å²) in [5, 5.41) is 0.208. The largest absolute Gasteiger partial charge is 0.481 e. The quantitative estimate of drug-likeness (QED) is 0.220. The average molecular weight is 537 g/mol. The Morgan fingerprint density at radius 3 is 2.40 bits per heavy atom. The van der Waals surface area contributed by atoms with E-state index in [-0.39, 0.29) is 28.6 Å². The van der Waals surface area contributed by atoms with Gasteiger partial charge in [0.1, 0.15) is 22.6 Å². The van der Waals surface area contributed by atoms with Crippen molar-refractivity contribution in [3.8, 4) is 5.75 Å². The Morgan fingerprint density at radius 2 is 1.68 bits per heavy atom. The number of benzene rings is 2. The molecule has 3 aromatic heterocycles. The minimum atomic E-state index is -0.939. The van der Waals surface area contributed by atoms with E-state index in [1.807, 2.05) is 36.4 Å². The number of ether oxygens (including phenoxy) is 2. The fraction of sp³-hybridized carbons (Fsp3) is 0.194. The molecule has 0 saturated heterocycles. The molecule has 0 aliphatic heterocycles. The number of aryl methyl sites for hydroxylation is 2. The second-order valence-electron chi connectivity index (χ2n) is 9.10. The van der Waals surface area contributed by atoms with E-state index in [1.165, 1.54) is 10.5 Å². The Bertz CT molecular complexity index is 1810. The van der Waals surface area contributed by atoms with Crippen LogP contribution in [0.25, 0.3) is 16.7 Å². The summed E-state index contributed by atoms with van der Waals surface area (Å²) < 4.78 is 14.2. The Balaban J connectivity index is 1.74. The number of pyridine rings is 2. The first kappa shape index (κ1) is 26.6. The number of amides is 1. The summed E-state index contributed by atoms with van der Waals surface area (Å²) in [5.41, 5.74) is 1.47. The topological polar surface area (TPSA) is 104 Å². The Labute approximate surface area is 230 Å². The fourth-order valence-electron chi connectivity index (χ4n) is 4.40. The van der Waals surface area contributed by atoms with Crippen molar-refractivity contribution < 1.29 is 19.1 Å². The van der Waals surface area contributed by atoms with E-state index < -0.39 is 18.0 Å². The lowest BCUT2D eigenvalue weighted by atomic mass is 10.1. The lowest BCUT2D eigenvalue weighted by molar-refractivity contribution is -0.124. The van der Waals surface area contributed by atoms with Crippen LogP contribution in [0, 0.1) is 0 Å². The van der Waals surface area contributed by atoms with Crippen LogP contribution in [0.2, 0.25) is 0 Å². The van der Waals surface area contributed by atoms with E-state index in [4.69, 9.17) is 14.5 Å². The van der Waals surface area contributed by atoms with E-state index in [9.17, 15) is 14.4 Å². The van der Waals surface area contributed by atoms with Crippen LogP contribution in [0.1, 0.15) is 29.8 Å². The van der Waals surface area contributed by atoms with Crippen molar-refractivity contribution in [3.05, 3.63) is 118 Å². The fourth-order valence-corrected chi connectivity index (χ4v) is 4.40. The van der Waals surface area contributed by atoms with Crippen molar-refractivity contribution >= 4 is 28.6 Å². The molecule has 0 fully saturated rings. The lowest BCUT2D eigenvalue weighted by Gasteiger charge is -2.16. The minimum absolute atomic E-state index is 0.00236. The van der Waals surface area contributed by atoms with Gasteiger partial charge in [-0.15, -0.1) is 0 Å². The number of nitrogens with zero attached hydrogens (tertiary/aromatic N) is 4. The molecule has 0 spiro atoms. The van der Waals surface area contributed by atoms with Crippen LogP contribution in [0.15, 0.2) is 101 Å². The number of fused-ring (bicyclic) bond motifs is 2. The molecule has 5 rings (SSSR count). The van der Waals surface area contributed by atoms with E-state index in [1.54, 1.807) is 67.1 Å². The van der Waals surface area contributed by atoms with Crippen molar-refractivity contribution in [2.75, 3.05) is 6.61 Å². The SMILES string of the molecule is CCOC(=O)c1cc2c(=O)n3ccccc3nc2n(CCc2ccccc2)c1=NC(=O)[C@@H](C)Oc1ccccc1. The van der Waals surface area contributed by atoms with Crippen LogP contribution in [0.3, 0.4) is 0 Å². The molecule has 1 atom stereocenters. The van der Waals surface area contributed by atoms with Crippen LogP contribution >= 0.6 is 0 Å². The molecule has 202 valence electrons. The zero-order chi connectivity index (χ0) is 28.1. The standard InChI is InChI=1S/C31H28N4O5/c1-3-39-31(38)25-20-24-27(32-26-16-10-11-18-34(26)30(24)37)35(19-17-22-12-6-4-7-13-22)28(25)33-29(36)21(2)40-23-14-8-5-9-15-23/h4-16,18,20-21H,3,17,19H2,1-2H3/t21-/m1/s1. The Hall–Kier alpha value is -5.05. The van der Waals surface area contributed by atoms with Crippen molar-refractivity contribution in [1.82, 2.24) is 14.0 Å². The number of carbonyl (C=O) groups excluding carboxylic acids is 2. The molecule has 40 heavy (non-hydrogen) atoms. The molecular formula is C31H28N4O5. The second kappa shape index (κ2) is 11.8. The minimum Gasteiger partial charge on any atom is -0.481 e. The molecule has 3 heterocycles. The molecule has 0 bridgehead atoms. The highest BCUT2D eigenvalue weighted by molar-refractivity contribution is 5.94.